The Kier molecular flexibility index (Phi) is 5.97. The molecule has 1 fully saturated rings. The van der Waals surface area contributed by atoms with Crippen LogP contribution in [0.4, 0.5) is 0 Å². The fraction of sp³-hybridized carbons (Fsp3) is 0.381. The number of hydrogen-bond acceptors (Lipinski definition) is 4. The fourth-order valence-electron chi connectivity index (χ4n) is 3.31. The lowest BCUT2D eigenvalue weighted by Gasteiger charge is -2.31. The van der Waals surface area contributed by atoms with Gasteiger partial charge in [0.25, 0.3) is 0 Å². The van der Waals surface area contributed by atoms with E-state index in [9.17, 15) is 13.2 Å². The molecular formula is C21H25NO4S. The third-order valence-corrected chi connectivity index (χ3v) is 6.73. The second-order valence-corrected chi connectivity index (χ2v) is 9.02. The normalized spacial score (nSPS) is 18.2. The summed E-state index contributed by atoms with van der Waals surface area (Å²) >= 11 is 0. The van der Waals surface area contributed by atoms with Crippen molar-refractivity contribution in [1.82, 2.24) is 4.31 Å². The van der Waals surface area contributed by atoms with Crippen LogP contribution in [0.5, 0.6) is 5.75 Å². The van der Waals surface area contributed by atoms with Gasteiger partial charge in [0.05, 0.1) is 11.5 Å². The molecule has 1 saturated heterocycles. The van der Waals surface area contributed by atoms with Gasteiger partial charge in [0.15, 0.2) is 5.78 Å². The van der Waals surface area contributed by atoms with Crippen LogP contribution in [0.15, 0.2) is 53.4 Å². The Labute approximate surface area is 161 Å². The molecule has 0 amide bonds. The molecule has 3 rings (SSSR count). The van der Waals surface area contributed by atoms with Crippen molar-refractivity contribution in [3.63, 3.8) is 0 Å². The van der Waals surface area contributed by atoms with Gasteiger partial charge in [-0.15, -0.1) is 0 Å². The molecule has 2 aromatic rings. The van der Waals surface area contributed by atoms with Crippen molar-refractivity contribution in [2.75, 3.05) is 19.7 Å². The molecule has 0 radical (unpaired) electrons. The topological polar surface area (TPSA) is 63.7 Å². The molecule has 1 atom stereocenters. The van der Waals surface area contributed by atoms with Crippen LogP contribution in [0, 0.1) is 12.8 Å². The third-order valence-electron chi connectivity index (χ3n) is 4.86. The molecule has 27 heavy (non-hydrogen) atoms. The van der Waals surface area contributed by atoms with E-state index in [0.717, 1.165) is 24.2 Å². The smallest absolute Gasteiger partial charge is 0.243 e. The minimum absolute atomic E-state index is 0.0784. The lowest BCUT2D eigenvalue weighted by Crippen LogP contribution is -2.41. The Morgan fingerprint density at radius 1 is 1.19 bits per heavy atom. The van der Waals surface area contributed by atoms with Crippen LogP contribution in [0.1, 0.15) is 35.7 Å². The molecule has 6 heteroatoms. The van der Waals surface area contributed by atoms with E-state index < -0.39 is 10.0 Å². The van der Waals surface area contributed by atoms with Crippen LogP contribution in [0.2, 0.25) is 0 Å². The van der Waals surface area contributed by atoms with Gasteiger partial charge in [-0.05, 0) is 56.5 Å². The molecule has 0 N–H and O–H groups in total. The van der Waals surface area contributed by atoms with Crippen molar-refractivity contribution < 1.29 is 17.9 Å². The first-order chi connectivity index (χ1) is 12.9. The lowest BCUT2D eigenvalue weighted by molar-refractivity contribution is 0.101. The van der Waals surface area contributed by atoms with Gasteiger partial charge in [0, 0.05) is 24.6 Å². The van der Waals surface area contributed by atoms with Crippen LogP contribution in [-0.4, -0.2) is 38.2 Å². The van der Waals surface area contributed by atoms with Gasteiger partial charge in [-0.1, -0.05) is 24.3 Å². The first-order valence-electron chi connectivity index (χ1n) is 9.17. The molecule has 0 aliphatic carbocycles. The van der Waals surface area contributed by atoms with Crippen molar-refractivity contribution in [2.24, 2.45) is 5.92 Å². The van der Waals surface area contributed by atoms with Gasteiger partial charge in [0.1, 0.15) is 5.75 Å². The lowest BCUT2D eigenvalue weighted by atomic mass is 10.0. The first-order valence-corrected chi connectivity index (χ1v) is 10.6. The third kappa shape index (κ3) is 4.76. The van der Waals surface area contributed by atoms with E-state index >= 15 is 0 Å². The average molecular weight is 388 g/mol. The highest BCUT2D eigenvalue weighted by atomic mass is 32.2. The number of hydrogen-bond donors (Lipinski definition) is 0. The van der Waals surface area contributed by atoms with Crippen LogP contribution in [0.25, 0.3) is 0 Å². The molecule has 0 bridgehead atoms. The SMILES string of the molecule is CC(=O)c1ccc(S(=O)(=O)N2CCCC(COc3cccc(C)c3)C2)cc1. The second kappa shape index (κ2) is 8.23. The molecule has 0 aromatic heterocycles. The Morgan fingerprint density at radius 2 is 1.93 bits per heavy atom. The van der Waals surface area contributed by atoms with Crippen molar-refractivity contribution in [3.05, 3.63) is 59.7 Å². The van der Waals surface area contributed by atoms with Gasteiger partial charge in [-0.2, -0.15) is 4.31 Å². The molecule has 5 nitrogen and oxygen atoms in total. The van der Waals surface area contributed by atoms with Crippen LogP contribution in [0.3, 0.4) is 0 Å². The monoisotopic (exact) mass is 387 g/mol. The molecule has 144 valence electrons. The zero-order chi connectivity index (χ0) is 19.4. The summed E-state index contributed by atoms with van der Waals surface area (Å²) in [6, 6.07) is 14.0. The summed E-state index contributed by atoms with van der Waals surface area (Å²) in [7, 11) is -3.56. The molecule has 1 aliphatic heterocycles. The average Bonchev–Trinajstić information content (AvgIpc) is 2.67. The predicted molar refractivity (Wildman–Crippen MR) is 105 cm³/mol. The molecule has 1 aliphatic rings. The predicted octanol–water partition coefficient (Wildman–Crippen LogP) is 3.68. The molecule has 1 unspecified atom stereocenters. The van der Waals surface area contributed by atoms with Crippen molar-refractivity contribution >= 4 is 15.8 Å². The Hall–Kier alpha value is -2.18. The number of aryl methyl sites for hydroxylation is 1. The fourth-order valence-corrected chi connectivity index (χ4v) is 4.87. The number of piperidine rings is 1. The maximum atomic E-state index is 12.9. The zero-order valence-corrected chi connectivity index (χ0v) is 16.5. The van der Waals surface area contributed by atoms with Crippen LogP contribution in [-0.2, 0) is 10.0 Å². The summed E-state index contributed by atoms with van der Waals surface area (Å²) in [5.74, 6) is 0.894. The highest BCUT2D eigenvalue weighted by Gasteiger charge is 2.30. The van der Waals surface area contributed by atoms with Gasteiger partial charge >= 0.3 is 0 Å². The van der Waals surface area contributed by atoms with Crippen molar-refractivity contribution in [3.8, 4) is 5.75 Å². The van der Waals surface area contributed by atoms with Crippen molar-refractivity contribution in [2.45, 2.75) is 31.6 Å². The van der Waals surface area contributed by atoms with Gasteiger partial charge < -0.3 is 4.74 Å². The summed E-state index contributed by atoms with van der Waals surface area (Å²) < 4.78 is 33.3. The zero-order valence-electron chi connectivity index (χ0n) is 15.7. The first kappa shape index (κ1) is 19.6. The number of rotatable bonds is 6. The maximum Gasteiger partial charge on any atom is 0.243 e. The Bertz CT molecular complexity index is 906. The summed E-state index contributed by atoms with van der Waals surface area (Å²) in [6.45, 7) is 4.94. The number of ketones is 1. The van der Waals surface area contributed by atoms with E-state index in [-0.39, 0.29) is 16.6 Å². The molecule has 0 saturated carbocycles. The summed E-state index contributed by atoms with van der Waals surface area (Å²) in [5, 5.41) is 0. The summed E-state index contributed by atoms with van der Waals surface area (Å²) in [4.78, 5) is 11.6. The van der Waals surface area contributed by atoms with E-state index in [2.05, 4.69) is 0 Å². The minimum atomic E-state index is -3.56. The van der Waals surface area contributed by atoms with Gasteiger partial charge in [-0.25, -0.2) is 8.42 Å². The largest absolute Gasteiger partial charge is 0.493 e. The van der Waals surface area contributed by atoms with E-state index in [1.54, 1.807) is 12.1 Å². The number of carbonyl (C=O) groups is 1. The second-order valence-electron chi connectivity index (χ2n) is 7.08. The number of benzene rings is 2. The molecule has 0 spiro atoms. The summed E-state index contributed by atoms with van der Waals surface area (Å²) in [6.07, 6.45) is 1.76. The molecule has 2 aromatic carbocycles. The quantitative estimate of drug-likeness (QED) is 0.710. The number of carbonyl (C=O) groups excluding carboxylic acids is 1. The number of nitrogens with zero attached hydrogens (tertiary/aromatic N) is 1. The number of sulfonamides is 1. The number of ether oxygens (including phenoxy) is 1. The van der Waals surface area contributed by atoms with Crippen LogP contribution < -0.4 is 4.74 Å². The van der Waals surface area contributed by atoms with E-state index in [1.165, 1.54) is 23.4 Å². The molecule has 1 heterocycles. The molecular weight excluding hydrogens is 362 g/mol. The highest BCUT2D eigenvalue weighted by molar-refractivity contribution is 7.89. The van der Waals surface area contributed by atoms with Gasteiger partial charge in [-0.3, -0.25) is 4.79 Å². The number of Topliss-reactive ketones (excluding diaryl/α,β-unsaturated/α-hetero) is 1. The van der Waals surface area contributed by atoms with Crippen LogP contribution >= 0.6 is 0 Å². The Balaban J connectivity index is 1.66. The Morgan fingerprint density at radius 3 is 2.59 bits per heavy atom. The summed E-state index contributed by atoms with van der Waals surface area (Å²) in [5.41, 5.74) is 1.64. The maximum absolute atomic E-state index is 12.9. The minimum Gasteiger partial charge on any atom is -0.493 e. The van der Waals surface area contributed by atoms with E-state index in [0.29, 0.717) is 25.3 Å². The highest BCUT2D eigenvalue weighted by Crippen LogP contribution is 2.25. The van der Waals surface area contributed by atoms with Crippen molar-refractivity contribution in [1.29, 1.82) is 0 Å². The van der Waals surface area contributed by atoms with E-state index in [1.807, 2.05) is 31.2 Å². The van der Waals surface area contributed by atoms with Gasteiger partial charge in [0.2, 0.25) is 10.0 Å². The standard InChI is InChI=1S/C21H25NO4S/c1-16-5-3-7-20(13-16)26-15-18-6-4-12-22(14-18)27(24,25)21-10-8-19(9-11-21)17(2)23/h3,5,7-11,13,18H,4,6,12,14-15H2,1-2H3. The van der Waals surface area contributed by atoms with E-state index in [4.69, 9.17) is 4.74 Å².